The maximum absolute atomic E-state index is 3.75. The predicted octanol–water partition coefficient (Wildman–Crippen LogP) is 3.67. The van der Waals surface area contributed by atoms with Crippen LogP contribution in [0.5, 0.6) is 0 Å². The molecule has 3 atom stereocenters. The molecule has 2 rings (SSSR count). The molecule has 0 aromatic rings. The zero-order valence-corrected chi connectivity index (χ0v) is 13.3. The third kappa shape index (κ3) is 4.19. The molecule has 0 bridgehead atoms. The van der Waals surface area contributed by atoms with Gasteiger partial charge in [-0.1, -0.05) is 33.1 Å². The van der Waals surface area contributed by atoms with Gasteiger partial charge in [0.15, 0.2) is 0 Å². The Hall–Kier alpha value is -0.0800. The first-order chi connectivity index (χ1) is 9.24. The van der Waals surface area contributed by atoms with E-state index in [1.54, 1.807) is 0 Å². The molecule has 112 valence electrons. The highest BCUT2D eigenvalue weighted by molar-refractivity contribution is 4.87. The number of nitrogens with zero attached hydrogens (tertiary/aromatic N) is 1. The van der Waals surface area contributed by atoms with Gasteiger partial charge in [-0.05, 0) is 57.5 Å². The summed E-state index contributed by atoms with van der Waals surface area (Å²) in [6.07, 6.45) is 11.4. The Labute approximate surface area is 120 Å². The van der Waals surface area contributed by atoms with Gasteiger partial charge in [0, 0.05) is 18.6 Å². The van der Waals surface area contributed by atoms with Gasteiger partial charge in [0.05, 0.1) is 0 Å². The van der Waals surface area contributed by atoms with Gasteiger partial charge in [0.25, 0.3) is 0 Å². The molecule has 0 radical (unpaired) electrons. The Bertz CT molecular complexity index is 248. The predicted molar refractivity (Wildman–Crippen MR) is 83.5 cm³/mol. The summed E-state index contributed by atoms with van der Waals surface area (Å²) in [4.78, 5) is 2.68. The van der Waals surface area contributed by atoms with Crippen LogP contribution in [-0.4, -0.2) is 37.1 Å². The van der Waals surface area contributed by atoms with Crippen LogP contribution in [0.3, 0.4) is 0 Å². The molecule has 0 spiro atoms. The van der Waals surface area contributed by atoms with Crippen molar-refractivity contribution in [2.75, 3.05) is 20.1 Å². The zero-order valence-electron chi connectivity index (χ0n) is 13.3. The van der Waals surface area contributed by atoms with Crippen LogP contribution in [0.4, 0.5) is 0 Å². The highest BCUT2D eigenvalue weighted by Gasteiger charge is 2.31. The lowest BCUT2D eigenvalue weighted by molar-refractivity contribution is 0.130. The van der Waals surface area contributed by atoms with E-state index < -0.39 is 0 Å². The van der Waals surface area contributed by atoms with E-state index in [0.29, 0.717) is 0 Å². The minimum Gasteiger partial charge on any atom is -0.314 e. The Balaban J connectivity index is 1.88. The first-order valence-corrected chi connectivity index (χ1v) is 8.68. The van der Waals surface area contributed by atoms with Gasteiger partial charge < -0.3 is 10.2 Å². The maximum Gasteiger partial charge on any atom is 0.0108 e. The SMILES string of the molecule is CCNC1CCC(CC)CC1CN(C)C1CCCC1. The van der Waals surface area contributed by atoms with E-state index >= 15 is 0 Å². The van der Waals surface area contributed by atoms with Crippen molar-refractivity contribution in [3.8, 4) is 0 Å². The molecule has 0 aromatic heterocycles. The van der Waals surface area contributed by atoms with Gasteiger partial charge in [0.1, 0.15) is 0 Å². The van der Waals surface area contributed by atoms with Crippen LogP contribution >= 0.6 is 0 Å². The Kier molecular flexibility index (Phi) is 6.15. The molecule has 0 aromatic carbocycles. The summed E-state index contributed by atoms with van der Waals surface area (Å²) < 4.78 is 0. The van der Waals surface area contributed by atoms with Gasteiger partial charge in [-0.25, -0.2) is 0 Å². The monoisotopic (exact) mass is 266 g/mol. The summed E-state index contributed by atoms with van der Waals surface area (Å²) in [6, 6.07) is 1.65. The lowest BCUT2D eigenvalue weighted by Crippen LogP contribution is -2.46. The number of hydrogen-bond donors (Lipinski definition) is 1. The smallest absolute Gasteiger partial charge is 0.0108 e. The van der Waals surface area contributed by atoms with Crippen molar-refractivity contribution in [2.45, 2.75) is 77.3 Å². The molecule has 2 fully saturated rings. The summed E-state index contributed by atoms with van der Waals surface area (Å²) in [6.45, 7) is 7.07. The third-order valence-electron chi connectivity index (χ3n) is 5.61. The molecular formula is C17H34N2. The fourth-order valence-corrected chi connectivity index (χ4v) is 4.33. The lowest BCUT2D eigenvalue weighted by atomic mass is 9.76. The van der Waals surface area contributed by atoms with Crippen molar-refractivity contribution >= 4 is 0 Å². The number of rotatable bonds is 6. The van der Waals surface area contributed by atoms with Crippen molar-refractivity contribution in [1.29, 1.82) is 0 Å². The zero-order chi connectivity index (χ0) is 13.7. The van der Waals surface area contributed by atoms with E-state index in [1.165, 1.54) is 57.9 Å². The van der Waals surface area contributed by atoms with E-state index in [2.05, 4.69) is 31.1 Å². The van der Waals surface area contributed by atoms with Crippen LogP contribution < -0.4 is 5.32 Å². The Morgan fingerprint density at radius 3 is 2.42 bits per heavy atom. The molecule has 3 unspecified atom stereocenters. The second-order valence-corrected chi connectivity index (χ2v) is 6.89. The quantitative estimate of drug-likeness (QED) is 0.789. The van der Waals surface area contributed by atoms with E-state index in [9.17, 15) is 0 Å². The molecule has 0 amide bonds. The van der Waals surface area contributed by atoms with E-state index in [1.807, 2.05) is 0 Å². The van der Waals surface area contributed by atoms with Crippen molar-refractivity contribution in [3.63, 3.8) is 0 Å². The molecule has 0 aliphatic heterocycles. The molecule has 0 heterocycles. The van der Waals surface area contributed by atoms with Crippen LogP contribution in [0.1, 0.15) is 65.2 Å². The minimum absolute atomic E-state index is 0.775. The van der Waals surface area contributed by atoms with E-state index in [0.717, 1.165) is 30.5 Å². The molecule has 0 saturated heterocycles. The van der Waals surface area contributed by atoms with Gasteiger partial charge >= 0.3 is 0 Å². The van der Waals surface area contributed by atoms with Gasteiger partial charge in [-0.15, -0.1) is 0 Å². The highest BCUT2D eigenvalue weighted by Crippen LogP contribution is 2.33. The van der Waals surface area contributed by atoms with Crippen LogP contribution in [0.15, 0.2) is 0 Å². The number of nitrogens with one attached hydrogen (secondary N) is 1. The Morgan fingerprint density at radius 2 is 1.79 bits per heavy atom. The third-order valence-corrected chi connectivity index (χ3v) is 5.61. The topological polar surface area (TPSA) is 15.3 Å². The largest absolute Gasteiger partial charge is 0.314 e. The molecule has 2 aliphatic rings. The Morgan fingerprint density at radius 1 is 1.05 bits per heavy atom. The minimum atomic E-state index is 0.775. The molecule has 19 heavy (non-hydrogen) atoms. The van der Waals surface area contributed by atoms with Gasteiger partial charge in [-0.3, -0.25) is 0 Å². The van der Waals surface area contributed by atoms with Crippen molar-refractivity contribution in [1.82, 2.24) is 10.2 Å². The standard InChI is InChI=1S/C17H34N2/c1-4-14-10-11-17(18-5-2)15(12-14)13-19(3)16-8-6-7-9-16/h14-18H,4-13H2,1-3H3. The van der Waals surface area contributed by atoms with Crippen LogP contribution in [0.2, 0.25) is 0 Å². The van der Waals surface area contributed by atoms with Crippen molar-refractivity contribution in [2.24, 2.45) is 11.8 Å². The molecule has 2 heteroatoms. The van der Waals surface area contributed by atoms with E-state index in [4.69, 9.17) is 0 Å². The summed E-state index contributed by atoms with van der Waals surface area (Å²) in [5.74, 6) is 1.86. The van der Waals surface area contributed by atoms with Crippen molar-refractivity contribution < 1.29 is 0 Å². The average molecular weight is 266 g/mol. The fraction of sp³-hybridized carbons (Fsp3) is 1.00. The fourth-order valence-electron chi connectivity index (χ4n) is 4.33. The summed E-state index contributed by atoms with van der Waals surface area (Å²) in [5, 5.41) is 3.75. The summed E-state index contributed by atoms with van der Waals surface area (Å²) in [5.41, 5.74) is 0. The van der Waals surface area contributed by atoms with Crippen LogP contribution in [0.25, 0.3) is 0 Å². The van der Waals surface area contributed by atoms with Gasteiger partial charge in [0.2, 0.25) is 0 Å². The van der Waals surface area contributed by atoms with Crippen LogP contribution in [0, 0.1) is 11.8 Å². The summed E-state index contributed by atoms with van der Waals surface area (Å²) >= 11 is 0. The molecule has 2 nitrogen and oxygen atoms in total. The molecular weight excluding hydrogens is 232 g/mol. The second-order valence-electron chi connectivity index (χ2n) is 6.89. The van der Waals surface area contributed by atoms with Gasteiger partial charge in [-0.2, -0.15) is 0 Å². The second kappa shape index (κ2) is 7.64. The molecule has 2 saturated carbocycles. The average Bonchev–Trinajstić information content (AvgIpc) is 2.95. The summed E-state index contributed by atoms with van der Waals surface area (Å²) in [7, 11) is 2.37. The first kappa shape index (κ1) is 15.3. The molecule has 1 N–H and O–H groups in total. The molecule has 2 aliphatic carbocycles. The highest BCUT2D eigenvalue weighted by atomic mass is 15.1. The van der Waals surface area contributed by atoms with E-state index in [-0.39, 0.29) is 0 Å². The first-order valence-electron chi connectivity index (χ1n) is 8.68. The normalized spacial score (nSPS) is 33.2. The van der Waals surface area contributed by atoms with Crippen LogP contribution in [-0.2, 0) is 0 Å². The maximum atomic E-state index is 3.75. The van der Waals surface area contributed by atoms with Crippen molar-refractivity contribution in [3.05, 3.63) is 0 Å². The lowest BCUT2D eigenvalue weighted by Gasteiger charge is -2.39. The number of hydrogen-bond acceptors (Lipinski definition) is 2.